The second-order valence-electron chi connectivity index (χ2n) is 10.4. The summed E-state index contributed by atoms with van der Waals surface area (Å²) < 4.78 is 0. The van der Waals surface area contributed by atoms with Gasteiger partial charge in [0.25, 0.3) is 0 Å². The van der Waals surface area contributed by atoms with Gasteiger partial charge < -0.3 is 31.5 Å². The van der Waals surface area contributed by atoms with Crippen molar-refractivity contribution in [2.75, 3.05) is 45.0 Å². The first-order valence-corrected chi connectivity index (χ1v) is 14.6. The molecule has 1 aromatic heterocycles. The van der Waals surface area contributed by atoms with Crippen LogP contribution in [0.1, 0.15) is 43.9 Å². The summed E-state index contributed by atoms with van der Waals surface area (Å²) in [7, 11) is 0. The lowest BCUT2D eigenvalue weighted by Crippen LogP contribution is -2.50. The average Bonchev–Trinajstić information content (AvgIpc) is 3.36. The third-order valence-corrected chi connectivity index (χ3v) is 8.80. The Morgan fingerprint density at radius 3 is 2.58 bits per heavy atom. The van der Waals surface area contributed by atoms with Crippen LogP contribution in [0.3, 0.4) is 0 Å². The van der Waals surface area contributed by atoms with E-state index in [-0.39, 0.29) is 12.0 Å². The van der Waals surface area contributed by atoms with Crippen LogP contribution in [-0.4, -0.2) is 71.6 Å². The van der Waals surface area contributed by atoms with E-state index in [2.05, 4.69) is 49.6 Å². The minimum Gasteiger partial charge on any atom is -0.399 e. The molecule has 4 heterocycles. The maximum Gasteiger partial charge on any atom is 0.225 e. The monoisotopic (exact) mass is 537 g/mol. The molecule has 0 aliphatic carbocycles. The molecule has 0 radical (unpaired) electrons. The molecule has 0 aromatic carbocycles. The second kappa shape index (κ2) is 13.2. The molecule has 0 saturated carbocycles. The average molecular weight is 538 g/mol. The molecule has 0 spiro atoms. The smallest absolute Gasteiger partial charge is 0.225 e. The van der Waals surface area contributed by atoms with Crippen molar-refractivity contribution >= 4 is 28.6 Å². The van der Waals surface area contributed by atoms with Gasteiger partial charge in [-0.25, -0.2) is 0 Å². The van der Waals surface area contributed by atoms with E-state index in [9.17, 15) is 4.79 Å². The number of anilines is 1. The predicted octanol–water partition coefficient (Wildman–Crippen LogP) is 3.67. The van der Waals surface area contributed by atoms with E-state index in [0.29, 0.717) is 11.6 Å². The second-order valence-corrected chi connectivity index (χ2v) is 11.4. The lowest BCUT2D eigenvalue weighted by atomic mass is 9.93. The highest BCUT2D eigenvalue weighted by molar-refractivity contribution is 7.10. The van der Waals surface area contributed by atoms with E-state index in [1.165, 1.54) is 4.88 Å². The van der Waals surface area contributed by atoms with E-state index < -0.39 is 0 Å². The van der Waals surface area contributed by atoms with E-state index in [0.717, 1.165) is 101 Å². The Morgan fingerprint density at radius 1 is 1.26 bits per heavy atom. The zero-order valence-electron chi connectivity index (χ0n) is 22.7. The molecule has 2 fully saturated rings. The fourth-order valence-corrected chi connectivity index (χ4v) is 6.44. The van der Waals surface area contributed by atoms with Crippen LogP contribution in [0.2, 0.25) is 0 Å². The van der Waals surface area contributed by atoms with E-state index in [4.69, 9.17) is 11.5 Å². The number of amides is 1. The number of nitrogens with zero attached hydrogens (tertiary/aromatic N) is 4. The predicted molar refractivity (Wildman–Crippen MR) is 158 cm³/mol. The minimum atomic E-state index is 0.117. The SMILES string of the molecule is C=CN/C(=C(\C)N)N(C(=C)C1=NCCC=C1)C1CCN(C(=O)C2CCN(CCc3sccc3N)CC2)CC1. The molecule has 3 aliphatic rings. The summed E-state index contributed by atoms with van der Waals surface area (Å²) in [4.78, 5) is 26.1. The topological polar surface area (TPSA) is 103 Å². The van der Waals surface area contributed by atoms with E-state index >= 15 is 0 Å². The summed E-state index contributed by atoms with van der Waals surface area (Å²) >= 11 is 1.73. The van der Waals surface area contributed by atoms with Crippen LogP contribution in [0.4, 0.5) is 5.69 Å². The van der Waals surface area contributed by atoms with Crippen LogP contribution < -0.4 is 16.8 Å². The number of nitrogens with one attached hydrogen (secondary N) is 1. The Hall–Kier alpha value is -3.04. The van der Waals surface area contributed by atoms with Crippen molar-refractivity contribution in [1.29, 1.82) is 0 Å². The zero-order chi connectivity index (χ0) is 27.1. The van der Waals surface area contributed by atoms with Gasteiger partial charge in [-0.05, 0) is 82.3 Å². The Labute approximate surface area is 231 Å². The van der Waals surface area contributed by atoms with Gasteiger partial charge in [0.2, 0.25) is 5.91 Å². The molecule has 2 saturated heterocycles. The summed E-state index contributed by atoms with van der Waals surface area (Å²) in [6.45, 7) is 15.3. The molecular weight excluding hydrogens is 494 g/mol. The molecule has 0 unspecified atom stereocenters. The molecule has 38 heavy (non-hydrogen) atoms. The molecule has 5 N–H and O–H groups in total. The highest BCUT2D eigenvalue weighted by Crippen LogP contribution is 2.29. The van der Waals surface area contributed by atoms with Crippen molar-refractivity contribution < 1.29 is 4.79 Å². The van der Waals surface area contributed by atoms with Crippen molar-refractivity contribution in [3.63, 3.8) is 0 Å². The number of allylic oxidation sites excluding steroid dienone is 2. The number of piperidine rings is 2. The highest BCUT2D eigenvalue weighted by Gasteiger charge is 2.34. The van der Waals surface area contributed by atoms with Crippen LogP contribution in [0.5, 0.6) is 0 Å². The summed E-state index contributed by atoms with van der Waals surface area (Å²) in [5, 5.41) is 5.28. The van der Waals surface area contributed by atoms with Gasteiger partial charge in [-0.15, -0.1) is 11.3 Å². The zero-order valence-corrected chi connectivity index (χ0v) is 23.5. The third-order valence-electron chi connectivity index (χ3n) is 7.81. The molecule has 0 atom stereocenters. The first-order chi connectivity index (χ1) is 18.4. The Kier molecular flexibility index (Phi) is 9.69. The molecule has 1 aromatic rings. The molecule has 9 heteroatoms. The quantitative estimate of drug-likeness (QED) is 0.421. The molecule has 4 rings (SSSR count). The van der Waals surface area contributed by atoms with Gasteiger partial charge >= 0.3 is 0 Å². The van der Waals surface area contributed by atoms with Crippen LogP contribution in [0.15, 0.2) is 65.2 Å². The fraction of sp³-hybridized carbons (Fsp3) is 0.517. The van der Waals surface area contributed by atoms with Gasteiger partial charge in [0.1, 0.15) is 5.82 Å². The molecular formula is C29H43N7OS. The van der Waals surface area contributed by atoms with Crippen molar-refractivity contribution in [1.82, 2.24) is 20.0 Å². The third kappa shape index (κ3) is 6.69. The molecule has 0 bridgehead atoms. The number of thiophene rings is 1. The number of nitrogens with two attached hydrogens (primary N) is 2. The highest BCUT2D eigenvalue weighted by atomic mass is 32.1. The van der Waals surface area contributed by atoms with Gasteiger partial charge in [0.05, 0.1) is 11.4 Å². The van der Waals surface area contributed by atoms with E-state index in [1.807, 2.05) is 19.1 Å². The van der Waals surface area contributed by atoms with Crippen molar-refractivity contribution in [2.45, 2.75) is 51.5 Å². The standard InChI is InChI=1S/C29H43N7OS/c1-4-32-28(21(2)30)36(22(3)26-7-5-6-14-33-26)24-10-18-35(19-11-24)29(37)23-8-15-34(16-9-23)17-12-27-25(31)13-20-38-27/h4-5,7,13,20,23-24,32H,1,3,6,8-12,14-19,30-31H2,2H3/b28-21-. The maximum absolute atomic E-state index is 13.4. The van der Waals surface area contributed by atoms with Crippen LogP contribution in [0, 0.1) is 5.92 Å². The number of hydrogen-bond acceptors (Lipinski definition) is 8. The van der Waals surface area contributed by atoms with Crippen LogP contribution in [-0.2, 0) is 11.2 Å². The molecule has 206 valence electrons. The van der Waals surface area contributed by atoms with E-state index in [1.54, 1.807) is 17.5 Å². The van der Waals surface area contributed by atoms with Crippen molar-refractivity contribution in [3.8, 4) is 0 Å². The largest absolute Gasteiger partial charge is 0.399 e. The normalized spacial score (nSPS) is 20.0. The lowest BCUT2D eigenvalue weighted by Gasteiger charge is -2.43. The summed E-state index contributed by atoms with van der Waals surface area (Å²) in [6, 6.07) is 2.14. The molecule has 8 nitrogen and oxygen atoms in total. The molecule has 3 aliphatic heterocycles. The summed E-state index contributed by atoms with van der Waals surface area (Å²) in [5.74, 6) is 1.21. The number of rotatable bonds is 10. The van der Waals surface area contributed by atoms with Gasteiger partial charge in [-0.2, -0.15) is 0 Å². The summed E-state index contributed by atoms with van der Waals surface area (Å²) in [6.07, 6.45) is 11.3. The van der Waals surface area contributed by atoms with Crippen LogP contribution >= 0.6 is 11.3 Å². The first-order valence-electron chi connectivity index (χ1n) is 13.7. The number of aliphatic imine (C=N–C) groups is 1. The minimum absolute atomic E-state index is 0.117. The summed E-state index contributed by atoms with van der Waals surface area (Å²) in [5.41, 5.74) is 15.6. The number of carbonyl (C=O) groups is 1. The first kappa shape index (κ1) is 28.0. The number of hydrogen-bond donors (Lipinski definition) is 3. The van der Waals surface area contributed by atoms with Gasteiger partial charge in [-0.1, -0.05) is 19.2 Å². The van der Waals surface area contributed by atoms with Crippen molar-refractivity contribution in [3.05, 3.63) is 65.0 Å². The Balaban J connectivity index is 1.32. The number of nitrogen functional groups attached to an aromatic ring is 1. The maximum atomic E-state index is 13.4. The van der Waals surface area contributed by atoms with Gasteiger partial charge in [0.15, 0.2) is 0 Å². The number of likely N-dealkylation sites (tertiary alicyclic amines) is 2. The van der Waals surface area contributed by atoms with Gasteiger partial charge in [0, 0.05) is 54.4 Å². The fourth-order valence-electron chi connectivity index (χ4n) is 5.65. The van der Waals surface area contributed by atoms with Crippen LogP contribution in [0.25, 0.3) is 0 Å². The number of carbonyl (C=O) groups excluding carboxylic acids is 1. The lowest BCUT2D eigenvalue weighted by molar-refractivity contribution is -0.138. The number of dihydropyridines is 1. The Bertz CT molecular complexity index is 1080. The Morgan fingerprint density at radius 2 is 2.00 bits per heavy atom. The van der Waals surface area contributed by atoms with Crippen molar-refractivity contribution in [2.24, 2.45) is 16.6 Å². The van der Waals surface area contributed by atoms with Gasteiger partial charge in [-0.3, -0.25) is 9.79 Å². The molecule has 1 amide bonds.